The highest BCUT2D eigenvalue weighted by Crippen LogP contribution is 2.08. The first-order valence-corrected chi connectivity index (χ1v) is 2.55. The SMILES string of the molecule is NC(=O)OC1CC=CO1. The van der Waals surface area contributed by atoms with Gasteiger partial charge in [-0.1, -0.05) is 0 Å². The Morgan fingerprint density at radius 1 is 1.89 bits per heavy atom. The molecule has 0 radical (unpaired) electrons. The molecule has 4 heteroatoms. The lowest BCUT2D eigenvalue weighted by Crippen LogP contribution is -2.21. The lowest BCUT2D eigenvalue weighted by atomic mass is 10.4. The van der Waals surface area contributed by atoms with Crippen molar-refractivity contribution in [3.8, 4) is 0 Å². The van der Waals surface area contributed by atoms with E-state index < -0.39 is 12.4 Å². The van der Waals surface area contributed by atoms with Crippen LogP contribution in [0.2, 0.25) is 0 Å². The molecule has 0 fully saturated rings. The lowest BCUT2D eigenvalue weighted by molar-refractivity contribution is -0.0417. The zero-order chi connectivity index (χ0) is 6.69. The smallest absolute Gasteiger partial charge is 0.407 e. The molecule has 2 N–H and O–H groups in total. The van der Waals surface area contributed by atoms with Crippen LogP contribution in [0.4, 0.5) is 4.79 Å². The largest absolute Gasteiger partial charge is 0.462 e. The van der Waals surface area contributed by atoms with Crippen molar-refractivity contribution in [1.29, 1.82) is 0 Å². The number of hydrogen-bond acceptors (Lipinski definition) is 3. The zero-order valence-corrected chi connectivity index (χ0v) is 4.74. The Bertz CT molecular complexity index is 135. The van der Waals surface area contributed by atoms with Gasteiger partial charge in [0, 0.05) is 6.42 Å². The van der Waals surface area contributed by atoms with Crippen molar-refractivity contribution >= 4 is 6.09 Å². The minimum atomic E-state index is -0.802. The van der Waals surface area contributed by atoms with Gasteiger partial charge in [0.25, 0.3) is 0 Å². The summed E-state index contributed by atoms with van der Waals surface area (Å²) in [6.07, 6.45) is 2.52. The van der Waals surface area contributed by atoms with E-state index in [2.05, 4.69) is 4.74 Å². The molecule has 1 atom stereocenters. The molecule has 9 heavy (non-hydrogen) atoms. The summed E-state index contributed by atoms with van der Waals surface area (Å²) in [5, 5.41) is 0. The number of carbonyl (C=O) groups is 1. The van der Waals surface area contributed by atoms with Crippen LogP contribution in [-0.4, -0.2) is 12.4 Å². The predicted octanol–water partition coefficient (Wildman–Crippen LogP) is 0.342. The average Bonchev–Trinajstić information content (AvgIpc) is 2.15. The molecule has 0 spiro atoms. The highest BCUT2D eigenvalue weighted by atomic mass is 16.7. The molecule has 0 aromatic carbocycles. The third-order valence-electron chi connectivity index (χ3n) is 0.903. The normalized spacial score (nSPS) is 23.3. The van der Waals surface area contributed by atoms with E-state index in [1.54, 1.807) is 6.08 Å². The molecule has 1 aliphatic rings. The zero-order valence-electron chi connectivity index (χ0n) is 4.74. The second-order valence-electron chi connectivity index (χ2n) is 1.61. The molecule has 1 rings (SSSR count). The topological polar surface area (TPSA) is 61.6 Å². The van der Waals surface area contributed by atoms with Crippen LogP contribution in [0.5, 0.6) is 0 Å². The first kappa shape index (κ1) is 5.94. The molecule has 0 aliphatic carbocycles. The van der Waals surface area contributed by atoms with Crippen molar-refractivity contribution in [2.45, 2.75) is 12.7 Å². The number of amides is 1. The van der Waals surface area contributed by atoms with Crippen LogP contribution in [-0.2, 0) is 9.47 Å². The molecule has 0 aromatic heterocycles. The number of nitrogens with two attached hydrogens (primary N) is 1. The number of carbonyl (C=O) groups excluding carboxylic acids is 1. The molecule has 0 saturated heterocycles. The highest BCUT2D eigenvalue weighted by Gasteiger charge is 2.13. The lowest BCUT2D eigenvalue weighted by Gasteiger charge is -2.07. The molecule has 0 aromatic rings. The van der Waals surface area contributed by atoms with Crippen LogP contribution in [0.3, 0.4) is 0 Å². The fourth-order valence-electron chi connectivity index (χ4n) is 0.571. The summed E-state index contributed by atoms with van der Waals surface area (Å²) in [5.74, 6) is 0. The van der Waals surface area contributed by atoms with E-state index in [1.807, 2.05) is 0 Å². The molecule has 0 saturated carbocycles. The summed E-state index contributed by atoms with van der Waals surface area (Å²) in [4.78, 5) is 10.0. The van der Waals surface area contributed by atoms with Crippen molar-refractivity contribution in [3.63, 3.8) is 0 Å². The molecule has 1 unspecified atom stereocenters. The van der Waals surface area contributed by atoms with Crippen LogP contribution >= 0.6 is 0 Å². The summed E-state index contributed by atoms with van der Waals surface area (Å²) in [5.41, 5.74) is 4.70. The van der Waals surface area contributed by atoms with E-state index in [9.17, 15) is 4.79 Å². The molecule has 4 nitrogen and oxygen atoms in total. The van der Waals surface area contributed by atoms with E-state index in [0.717, 1.165) is 0 Å². The van der Waals surface area contributed by atoms with Crippen molar-refractivity contribution < 1.29 is 14.3 Å². The Labute approximate surface area is 52.2 Å². The summed E-state index contributed by atoms with van der Waals surface area (Å²) >= 11 is 0. The Balaban J connectivity index is 2.22. The van der Waals surface area contributed by atoms with E-state index >= 15 is 0 Å². The van der Waals surface area contributed by atoms with Crippen molar-refractivity contribution in [2.75, 3.05) is 0 Å². The van der Waals surface area contributed by atoms with Crippen LogP contribution in [0.25, 0.3) is 0 Å². The van der Waals surface area contributed by atoms with Gasteiger partial charge >= 0.3 is 6.09 Å². The van der Waals surface area contributed by atoms with Crippen LogP contribution in [0.1, 0.15) is 6.42 Å². The first-order chi connectivity index (χ1) is 4.29. The molecule has 1 amide bonds. The molecule has 1 heterocycles. The number of hydrogen-bond donors (Lipinski definition) is 1. The Morgan fingerprint density at radius 2 is 2.67 bits per heavy atom. The van der Waals surface area contributed by atoms with Gasteiger partial charge in [0.15, 0.2) is 0 Å². The number of rotatable bonds is 1. The second-order valence-corrected chi connectivity index (χ2v) is 1.61. The first-order valence-electron chi connectivity index (χ1n) is 2.55. The van der Waals surface area contributed by atoms with Gasteiger partial charge < -0.3 is 15.2 Å². The van der Waals surface area contributed by atoms with Gasteiger partial charge in [-0.05, 0) is 6.08 Å². The van der Waals surface area contributed by atoms with Gasteiger partial charge in [-0.25, -0.2) is 4.79 Å². The van der Waals surface area contributed by atoms with Gasteiger partial charge in [-0.15, -0.1) is 0 Å². The third-order valence-corrected chi connectivity index (χ3v) is 0.903. The quantitative estimate of drug-likeness (QED) is 0.555. The van der Waals surface area contributed by atoms with Crippen molar-refractivity contribution in [2.24, 2.45) is 5.73 Å². The van der Waals surface area contributed by atoms with Crippen molar-refractivity contribution in [3.05, 3.63) is 12.3 Å². The van der Waals surface area contributed by atoms with E-state index in [0.29, 0.717) is 6.42 Å². The highest BCUT2D eigenvalue weighted by molar-refractivity contribution is 5.64. The maximum Gasteiger partial charge on any atom is 0.407 e. The summed E-state index contributed by atoms with van der Waals surface area (Å²) in [7, 11) is 0. The predicted molar refractivity (Wildman–Crippen MR) is 29.3 cm³/mol. The Morgan fingerprint density at radius 3 is 3.11 bits per heavy atom. The minimum Gasteiger partial charge on any atom is -0.462 e. The summed E-state index contributed by atoms with van der Waals surface area (Å²) in [6, 6.07) is 0. The monoisotopic (exact) mass is 129 g/mol. The maximum absolute atomic E-state index is 10.0. The van der Waals surface area contributed by atoms with Crippen molar-refractivity contribution in [1.82, 2.24) is 0 Å². The molecule has 1 aliphatic heterocycles. The maximum atomic E-state index is 10.0. The fourth-order valence-corrected chi connectivity index (χ4v) is 0.571. The second kappa shape index (κ2) is 2.39. The van der Waals surface area contributed by atoms with E-state index in [4.69, 9.17) is 10.5 Å². The minimum absolute atomic E-state index is 0.498. The Hall–Kier alpha value is -1.19. The molecule has 50 valence electrons. The summed E-state index contributed by atoms with van der Waals surface area (Å²) in [6.45, 7) is 0. The van der Waals surface area contributed by atoms with Gasteiger partial charge in [0.05, 0.1) is 6.26 Å². The van der Waals surface area contributed by atoms with Gasteiger partial charge in [-0.3, -0.25) is 0 Å². The van der Waals surface area contributed by atoms with Gasteiger partial charge in [0.2, 0.25) is 6.29 Å². The van der Waals surface area contributed by atoms with Crippen LogP contribution in [0.15, 0.2) is 12.3 Å². The summed E-state index contributed by atoms with van der Waals surface area (Å²) < 4.78 is 9.23. The number of primary amides is 1. The van der Waals surface area contributed by atoms with Gasteiger partial charge in [-0.2, -0.15) is 0 Å². The Kier molecular flexibility index (Phi) is 1.58. The van der Waals surface area contributed by atoms with E-state index in [-0.39, 0.29) is 0 Å². The standard InChI is InChI=1S/C5H7NO3/c6-5(7)9-4-2-1-3-8-4/h1,3-4H,2H2,(H2,6,7). The fraction of sp³-hybridized carbons (Fsp3) is 0.400. The molecule has 0 bridgehead atoms. The third kappa shape index (κ3) is 1.64. The molecular weight excluding hydrogens is 122 g/mol. The van der Waals surface area contributed by atoms with E-state index in [1.165, 1.54) is 6.26 Å². The number of ether oxygens (including phenoxy) is 2. The van der Waals surface area contributed by atoms with Crippen LogP contribution in [0, 0.1) is 0 Å². The average molecular weight is 129 g/mol. The molecular formula is C5H7NO3. The van der Waals surface area contributed by atoms with Crippen LogP contribution < -0.4 is 5.73 Å². The van der Waals surface area contributed by atoms with Gasteiger partial charge in [0.1, 0.15) is 0 Å².